The highest BCUT2D eigenvalue weighted by Crippen LogP contribution is 2.31. The Morgan fingerprint density at radius 2 is 2.39 bits per heavy atom. The van der Waals surface area contributed by atoms with E-state index in [0.29, 0.717) is 19.6 Å². The molecule has 1 saturated heterocycles. The van der Waals surface area contributed by atoms with Crippen molar-refractivity contribution in [3.05, 3.63) is 23.8 Å². The topological polar surface area (TPSA) is 70.7 Å². The highest BCUT2D eigenvalue weighted by Gasteiger charge is 2.22. The van der Waals surface area contributed by atoms with Crippen LogP contribution in [0, 0.1) is 0 Å². The summed E-state index contributed by atoms with van der Waals surface area (Å²) in [6.07, 6.45) is 1.11. The first-order valence-electron chi connectivity index (χ1n) is 7.76. The first kappa shape index (κ1) is 16.1. The zero-order valence-corrected chi connectivity index (χ0v) is 13.9. The number of rotatable bonds is 4. The van der Waals surface area contributed by atoms with Crippen molar-refractivity contribution in [2.75, 3.05) is 36.7 Å². The molecule has 2 aliphatic heterocycles. The van der Waals surface area contributed by atoms with Crippen molar-refractivity contribution >= 4 is 29.3 Å². The van der Waals surface area contributed by atoms with Gasteiger partial charge in [-0.2, -0.15) is 0 Å². The van der Waals surface area contributed by atoms with Crippen LogP contribution >= 0.6 is 11.8 Å². The maximum atomic E-state index is 11.9. The van der Waals surface area contributed by atoms with E-state index in [9.17, 15) is 9.59 Å². The Hall–Kier alpha value is -1.73. The molecule has 1 unspecified atom stereocenters. The summed E-state index contributed by atoms with van der Waals surface area (Å²) in [5.41, 5.74) is 1.87. The number of nitrogens with zero attached hydrogens (tertiary/aromatic N) is 1. The third kappa shape index (κ3) is 3.79. The van der Waals surface area contributed by atoms with Crippen molar-refractivity contribution < 1.29 is 14.3 Å². The molecule has 1 fully saturated rings. The molecular formula is C16H21N3O3S. The number of ether oxygens (including phenoxy) is 1. The van der Waals surface area contributed by atoms with Crippen LogP contribution in [0.1, 0.15) is 12.0 Å². The number of fused-ring (bicyclic) bond motifs is 1. The van der Waals surface area contributed by atoms with Crippen LogP contribution in [0.25, 0.3) is 0 Å². The molecule has 2 heterocycles. The van der Waals surface area contributed by atoms with Gasteiger partial charge in [-0.1, -0.05) is 6.07 Å². The number of thioether (sulfide) groups is 1. The maximum Gasteiger partial charge on any atom is 0.238 e. The van der Waals surface area contributed by atoms with Crippen molar-refractivity contribution in [1.29, 1.82) is 0 Å². The van der Waals surface area contributed by atoms with Crippen LogP contribution in [0.2, 0.25) is 0 Å². The van der Waals surface area contributed by atoms with E-state index in [4.69, 9.17) is 4.74 Å². The summed E-state index contributed by atoms with van der Waals surface area (Å²) in [5.74, 6) is 2.51. The van der Waals surface area contributed by atoms with E-state index < -0.39 is 0 Å². The highest BCUT2D eigenvalue weighted by molar-refractivity contribution is 7.99. The van der Waals surface area contributed by atoms with E-state index in [-0.39, 0.29) is 17.9 Å². The van der Waals surface area contributed by atoms with Gasteiger partial charge in [0, 0.05) is 25.2 Å². The molecule has 0 spiro atoms. The molecule has 2 amide bonds. The first-order chi connectivity index (χ1) is 11.1. The molecule has 124 valence electrons. The lowest BCUT2D eigenvalue weighted by atomic mass is 10.1. The van der Waals surface area contributed by atoms with Gasteiger partial charge in [-0.3, -0.25) is 14.9 Å². The average molecular weight is 335 g/mol. The molecule has 0 aromatic heterocycles. The number of hydrogen-bond acceptors (Lipinski definition) is 5. The quantitative estimate of drug-likeness (QED) is 0.850. The lowest BCUT2D eigenvalue weighted by Crippen LogP contribution is -2.42. The van der Waals surface area contributed by atoms with Crippen molar-refractivity contribution in [2.45, 2.75) is 18.9 Å². The van der Waals surface area contributed by atoms with E-state index in [1.165, 1.54) is 0 Å². The number of amides is 2. The average Bonchev–Trinajstić information content (AvgIpc) is 3.05. The maximum absolute atomic E-state index is 11.9. The van der Waals surface area contributed by atoms with E-state index >= 15 is 0 Å². The van der Waals surface area contributed by atoms with Gasteiger partial charge in [0.05, 0.1) is 24.8 Å². The molecular weight excluding hydrogens is 314 g/mol. The fraction of sp³-hybridized carbons (Fsp3) is 0.500. The molecule has 6 nitrogen and oxygen atoms in total. The summed E-state index contributed by atoms with van der Waals surface area (Å²) < 4.78 is 5.61. The van der Waals surface area contributed by atoms with E-state index in [2.05, 4.69) is 10.6 Å². The van der Waals surface area contributed by atoms with Crippen LogP contribution in [0.15, 0.2) is 18.2 Å². The number of carbonyl (C=O) groups excluding carboxylic acids is 2. The van der Waals surface area contributed by atoms with Gasteiger partial charge in [-0.15, -0.1) is 11.8 Å². The molecule has 7 heteroatoms. The molecule has 3 rings (SSSR count). The van der Waals surface area contributed by atoms with Gasteiger partial charge in [0.15, 0.2) is 0 Å². The van der Waals surface area contributed by atoms with E-state index in [1.54, 1.807) is 23.7 Å². The lowest BCUT2D eigenvalue weighted by molar-refractivity contribution is -0.122. The summed E-state index contributed by atoms with van der Waals surface area (Å²) in [4.78, 5) is 25.5. The van der Waals surface area contributed by atoms with Crippen LogP contribution in [0.5, 0.6) is 5.75 Å². The van der Waals surface area contributed by atoms with E-state index in [0.717, 1.165) is 35.1 Å². The normalized spacial score (nSPS) is 20.7. The Labute approximate surface area is 139 Å². The van der Waals surface area contributed by atoms with Crippen LogP contribution < -0.4 is 20.3 Å². The van der Waals surface area contributed by atoms with Gasteiger partial charge in [0.1, 0.15) is 5.75 Å². The van der Waals surface area contributed by atoms with Crippen LogP contribution in [-0.4, -0.2) is 49.7 Å². The Bertz CT molecular complexity index is 602. The predicted octanol–water partition coefficient (Wildman–Crippen LogP) is 0.753. The standard InChI is InChI=1S/C16H21N3O3S/c1-19-13-8-11(2-3-14(13)22-7-5-15(19)20)4-6-17-16(21)12-9-23-10-18-12/h2-3,8,12,18H,4-7,9-10H2,1H3,(H,17,21). The fourth-order valence-electron chi connectivity index (χ4n) is 2.67. The Morgan fingerprint density at radius 1 is 1.52 bits per heavy atom. The molecule has 0 bridgehead atoms. The minimum Gasteiger partial charge on any atom is -0.491 e. The van der Waals surface area contributed by atoms with Gasteiger partial charge in [0.2, 0.25) is 11.8 Å². The fourth-order valence-corrected chi connectivity index (χ4v) is 3.61. The number of benzene rings is 1. The van der Waals surface area contributed by atoms with Gasteiger partial charge in [-0.25, -0.2) is 0 Å². The zero-order chi connectivity index (χ0) is 16.2. The van der Waals surface area contributed by atoms with Crippen molar-refractivity contribution in [3.63, 3.8) is 0 Å². The first-order valence-corrected chi connectivity index (χ1v) is 8.92. The molecule has 0 radical (unpaired) electrons. The van der Waals surface area contributed by atoms with Gasteiger partial charge in [0.25, 0.3) is 0 Å². The number of hydrogen-bond donors (Lipinski definition) is 2. The molecule has 0 saturated carbocycles. The van der Waals surface area contributed by atoms with Crippen LogP contribution in [0.4, 0.5) is 5.69 Å². The van der Waals surface area contributed by atoms with Crippen LogP contribution in [0.3, 0.4) is 0 Å². The number of anilines is 1. The minimum atomic E-state index is -0.0794. The Kier molecular flexibility index (Phi) is 5.07. The molecule has 1 aromatic rings. The summed E-state index contributed by atoms with van der Waals surface area (Å²) in [6.45, 7) is 0.997. The van der Waals surface area contributed by atoms with Crippen LogP contribution in [-0.2, 0) is 16.0 Å². The number of nitrogens with one attached hydrogen (secondary N) is 2. The second-order valence-corrected chi connectivity index (χ2v) is 6.70. The largest absolute Gasteiger partial charge is 0.491 e. The summed E-state index contributed by atoms with van der Waals surface area (Å²) in [5, 5.41) is 6.11. The van der Waals surface area contributed by atoms with Gasteiger partial charge < -0.3 is 15.0 Å². The predicted molar refractivity (Wildman–Crippen MR) is 90.9 cm³/mol. The Morgan fingerprint density at radius 3 is 3.17 bits per heavy atom. The van der Waals surface area contributed by atoms with Crippen molar-refractivity contribution in [1.82, 2.24) is 10.6 Å². The third-order valence-corrected chi connectivity index (χ3v) is 5.02. The third-order valence-electron chi connectivity index (χ3n) is 4.08. The minimum absolute atomic E-state index is 0.0546. The SMILES string of the molecule is CN1C(=O)CCOc2ccc(CCNC(=O)C3CSCN3)cc21. The molecule has 2 aliphatic rings. The second-order valence-electron chi connectivity index (χ2n) is 5.67. The molecule has 1 aromatic carbocycles. The van der Waals surface area contributed by atoms with Gasteiger partial charge in [-0.05, 0) is 24.1 Å². The molecule has 23 heavy (non-hydrogen) atoms. The monoisotopic (exact) mass is 335 g/mol. The van der Waals surface area contributed by atoms with Gasteiger partial charge >= 0.3 is 0 Å². The second kappa shape index (κ2) is 7.23. The van der Waals surface area contributed by atoms with Crippen molar-refractivity contribution in [2.24, 2.45) is 0 Å². The van der Waals surface area contributed by atoms with E-state index in [1.807, 2.05) is 18.2 Å². The molecule has 2 N–H and O–H groups in total. The summed E-state index contributed by atoms with van der Waals surface area (Å²) in [6, 6.07) is 5.77. The summed E-state index contributed by atoms with van der Waals surface area (Å²) >= 11 is 1.73. The zero-order valence-electron chi connectivity index (χ0n) is 13.1. The lowest BCUT2D eigenvalue weighted by Gasteiger charge is -2.17. The smallest absolute Gasteiger partial charge is 0.238 e. The van der Waals surface area contributed by atoms with Crippen molar-refractivity contribution in [3.8, 4) is 5.75 Å². The number of carbonyl (C=O) groups is 2. The Balaban J connectivity index is 1.59. The summed E-state index contributed by atoms with van der Waals surface area (Å²) in [7, 11) is 1.77. The molecule has 1 atom stereocenters. The molecule has 0 aliphatic carbocycles. The highest BCUT2D eigenvalue weighted by atomic mass is 32.2.